The van der Waals surface area contributed by atoms with Crippen molar-refractivity contribution in [1.29, 1.82) is 0 Å². The second-order valence-corrected chi connectivity index (χ2v) is 16.7. The quantitative estimate of drug-likeness (QED) is 0.144. The van der Waals surface area contributed by atoms with Gasteiger partial charge in [0.15, 0.2) is 34.9 Å². The molecule has 0 aliphatic rings. The molecule has 2 heterocycles. The number of aromatic nitrogens is 6. The van der Waals surface area contributed by atoms with E-state index in [1.54, 1.807) is 0 Å². The maximum absolute atomic E-state index is 5.30. The van der Waals surface area contributed by atoms with Crippen LogP contribution in [0.4, 0.5) is 0 Å². The Bertz CT molecular complexity index is 3730. The van der Waals surface area contributed by atoms with Gasteiger partial charge in [-0.1, -0.05) is 224 Å². The fourth-order valence-electron chi connectivity index (χ4n) is 9.09. The molecule has 0 saturated heterocycles. The summed E-state index contributed by atoms with van der Waals surface area (Å²) >= 11 is 0. The molecule has 68 heavy (non-hydrogen) atoms. The topological polar surface area (TPSA) is 77.3 Å². The van der Waals surface area contributed by atoms with Crippen LogP contribution in [0.5, 0.6) is 0 Å². The second-order valence-electron chi connectivity index (χ2n) is 16.7. The summed E-state index contributed by atoms with van der Waals surface area (Å²) < 4.78 is 0. The summed E-state index contributed by atoms with van der Waals surface area (Å²) in [5.41, 5.74) is 11.7. The Morgan fingerprint density at radius 3 is 1.10 bits per heavy atom. The number of nitrogens with zero attached hydrogens (tertiary/aromatic N) is 6. The molecule has 0 amide bonds. The van der Waals surface area contributed by atoms with E-state index in [2.05, 4.69) is 146 Å². The summed E-state index contributed by atoms with van der Waals surface area (Å²) in [6.45, 7) is 0. The van der Waals surface area contributed by atoms with Crippen LogP contribution < -0.4 is 0 Å². The van der Waals surface area contributed by atoms with Crippen molar-refractivity contribution in [3.63, 3.8) is 0 Å². The third kappa shape index (κ3) is 7.76. The maximum atomic E-state index is 5.30. The Hall–Kier alpha value is -9.26. The first-order valence-corrected chi connectivity index (χ1v) is 22.7. The molecule has 6 nitrogen and oxygen atoms in total. The van der Waals surface area contributed by atoms with Crippen molar-refractivity contribution in [2.45, 2.75) is 0 Å². The van der Waals surface area contributed by atoms with Crippen molar-refractivity contribution in [2.24, 2.45) is 0 Å². The highest BCUT2D eigenvalue weighted by Crippen LogP contribution is 2.41. The van der Waals surface area contributed by atoms with Gasteiger partial charge in [-0.25, -0.2) is 29.9 Å². The molecule has 0 atom stereocenters. The minimum atomic E-state index is 0.577. The molecule has 6 heteroatoms. The molecule has 0 N–H and O–H groups in total. The Morgan fingerprint density at radius 1 is 0.176 bits per heavy atom. The molecule has 318 valence electrons. The number of hydrogen-bond donors (Lipinski definition) is 0. The molecule has 12 aromatic rings. The van der Waals surface area contributed by atoms with Crippen molar-refractivity contribution in [2.75, 3.05) is 0 Å². The average Bonchev–Trinajstić information content (AvgIpc) is 3.43. The predicted octanol–water partition coefficient (Wildman–Crippen LogP) is 15.4. The number of hydrogen-bond acceptors (Lipinski definition) is 6. The van der Waals surface area contributed by atoms with E-state index in [1.165, 1.54) is 10.8 Å². The molecule has 0 fully saturated rings. The molecular formula is C62H40N6. The van der Waals surface area contributed by atoms with Gasteiger partial charge in [-0.05, 0) is 73.1 Å². The van der Waals surface area contributed by atoms with Crippen LogP contribution in [-0.4, -0.2) is 29.9 Å². The van der Waals surface area contributed by atoms with Crippen LogP contribution in [0.15, 0.2) is 243 Å². The van der Waals surface area contributed by atoms with E-state index < -0.39 is 0 Å². The highest BCUT2D eigenvalue weighted by Gasteiger charge is 2.21. The van der Waals surface area contributed by atoms with Gasteiger partial charge in [0.25, 0.3) is 0 Å². The lowest BCUT2D eigenvalue weighted by Crippen LogP contribution is -2.02. The van der Waals surface area contributed by atoms with Gasteiger partial charge < -0.3 is 0 Å². The largest absolute Gasteiger partial charge is 0.208 e. The van der Waals surface area contributed by atoms with Crippen LogP contribution in [0.3, 0.4) is 0 Å². The first-order chi connectivity index (χ1) is 33.7. The van der Waals surface area contributed by atoms with Gasteiger partial charge in [0.05, 0.1) is 0 Å². The Balaban J connectivity index is 1.05. The van der Waals surface area contributed by atoms with Crippen LogP contribution in [0.2, 0.25) is 0 Å². The molecule has 10 aromatic carbocycles. The van der Waals surface area contributed by atoms with Gasteiger partial charge in [0.1, 0.15) is 0 Å². The Labute approximate surface area is 394 Å². The third-order valence-electron chi connectivity index (χ3n) is 12.4. The zero-order valence-corrected chi connectivity index (χ0v) is 36.8. The zero-order valence-electron chi connectivity index (χ0n) is 36.8. The highest BCUT2D eigenvalue weighted by atomic mass is 15.0. The number of fused-ring (bicyclic) bond motifs is 2. The van der Waals surface area contributed by atoms with Gasteiger partial charge in [0, 0.05) is 33.4 Å². The molecule has 0 spiro atoms. The van der Waals surface area contributed by atoms with Crippen molar-refractivity contribution in [3.8, 4) is 102 Å². The van der Waals surface area contributed by atoms with E-state index in [1.807, 2.05) is 97.1 Å². The minimum Gasteiger partial charge on any atom is -0.208 e. The lowest BCUT2D eigenvalue weighted by molar-refractivity contribution is 1.07. The van der Waals surface area contributed by atoms with E-state index in [0.717, 1.165) is 77.5 Å². The fraction of sp³-hybridized carbons (Fsp3) is 0. The third-order valence-corrected chi connectivity index (χ3v) is 12.4. The molecule has 0 aliphatic heterocycles. The fourth-order valence-corrected chi connectivity index (χ4v) is 9.09. The smallest absolute Gasteiger partial charge is 0.164 e. The van der Waals surface area contributed by atoms with Crippen LogP contribution in [0.25, 0.3) is 123 Å². The van der Waals surface area contributed by atoms with Crippen LogP contribution >= 0.6 is 0 Å². The molecule has 2 aromatic heterocycles. The standard InChI is InChI=1S/C62H40N6/c1-4-21-43(22-5-1)57-63-58(44-23-6-2-7-24-44)67-62(66-57)55-38-37-47(40-56(55)53-36-18-28-42-20-11-13-32-50(42)53)52-33-14-15-34-54(52)61-65-59(45-25-8-3-9-26-45)64-60(68-61)48-30-16-29-46(39-48)51-35-17-27-41-19-10-12-31-49(41)51/h1-40H. The van der Waals surface area contributed by atoms with Gasteiger partial charge in [-0.2, -0.15) is 0 Å². The molecule has 0 radical (unpaired) electrons. The first kappa shape index (κ1) is 40.3. The lowest BCUT2D eigenvalue weighted by atomic mass is 9.90. The predicted molar refractivity (Wildman–Crippen MR) is 277 cm³/mol. The number of rotatable bonds is 9. The monoisotopic (exact) mass is 868 g/mol. The van der Waals surface area contributed by atoms with Crippen LogP contribution in [0, 0.1) is 0 Å². The van der Waals surface area contributed by atoms with Crippen molar-refractivity contribution in [3.05, 3.63) is 243 Å². The van der Waals surface area contributed by atoms with E-state index >= 15 is 0 Å². The van der Waals surface area contributed by atoms with E-state index in [-0.39, 0.29) is 0 Å². The maximum Gasteiger partial charge on any atom is 0.164 e. The van der Waals surface area contributed by atoms with Crippen LogP contribution in [-0.2, 0) is 0 Å². The first-order valence-electron chi connectivity index (χ1n) is 22.7. The minimum absolute atomic E-state index is 0.577. The van der Waals surface area contributed by atoms with Crippen molar-refractivity contribution < 1.29 is 0 Å². The highest BCUT2D eigenvalue weighted by molar-refractivity contribution is 6.02. The van der Waals surface area contributed by atoms with Gasteiger partial charge in [0.2, 0.25) is 0 Å². The SMILES string of the molecule is c1ccc(-c2nc(-c3cccc(-c4cccc5ccccc45)c3)nc(-c3ccccc3-c3ccc(-c4nc(-c5ccccc5)nc(-c5ccccc5)n4)c(-c4cccc5ccccc45)c3)n2)cc1. The summed E-state index contributed by atoms with van der Waals surface area (Å²) in [6.07, 6.45) is 0. The summed E-state index contributed by atoms with van der Waals surface area (Å²) in [5.74, 6) is 3.57. The normalized spacial score (nSPS) is 11.2. The molecule has 0 aliphatic carbocycles. The molecule has 0 unspecified atom stereocenters. The Morgan fingerprint density at radius 2 is 0.529 bits per heavy atom. The van der Waals surface area contributed by atoms with E-state index in [4.69, 9.17) is 29.9 Å². The van der Waals surface area contributed by atoms with E-state index in [0.29, 0.717) is 34.9 Å². The zero-order chi connectivity index (χ0) is 45.2. The number of benzene rings is 10. The van der Waals surface area contributed by atoms with Gasteiger partial charge in [-0.15, -0.1) is 0 Å². The van der Waals surface area contributed by atoms with Crippen molar-refractivity contribution >= 4 is 21.5 Å². The van der Waals surface area contributed by atoms with Gasteiger partial charge >= 0.3 is 0 Å². The lowest BCUT2D eigenvalue weighted by Gasteiger charge is -2.17. The molecule has 0 bridgehead atoms. The molecule has 0 saturated carbocycles. The molecule has 12 rings (SSSR count). The summed E-state index contributed by atoms with van der Waals surface area (Å²) in [4.78, 5) is 31.1. The van der Waals surface area contributed by atoms with Crippen molar-refractivity contribution in [1.82, 2.24) is 29.9 Å². The summed E-state index contributed by atoms with van der Waals surface area (Å²) in [5, 5.41) is 4.66. The van der Waals surface area contributed by atoms with Gasteiger partial charge in [-0.3, -0.25) is 0 Å². The van der Waals surface area contributed by atoms with Crippen LogP contribution in [0.1, 0.15) is 0 Å². The summed E-state index contributed by atoms with van der Waals surface area (Å²) in [7, 11) is 0. The average molecular weight is 869 g/mol. The second kappa shape index (κ2) is 17.6. The Kier molecular flexibility index (Phi) is 10.4. The summed E-state index contributed by atoms with van der Waals surface area (Å²) in [6, 6.07) is 83.7. The van der Waals surface area contributed by atoms with E-state index in [9.17, 15) is 0 Å². The molecular weight excluding hydrogens is 829 g/mol.